The highest BCUT2D eigenvalue weighted by Crippen LogP contribution is 2.24. The smallest absolute Gasteiger partial charge is 0.316 e. The van der Waals surface area contributed by atoms with Crippen molar-refractivity contribution >= 4 is 23.2 Å². The molecule has 0 aliphatic carbocycles. The monoisotopic (exact) mass is 383 g/mol. The molecule has 0 radical (unpaired) electrons. The second-order valence-corrected chi connectivity index (χ2v) is 7.01. The summed E-state index contributed by atoms with van der Waals surface area (Å²) in [5.41, 5.74) is 5.02. The van der Waals surface area contributed by atoms with Gasteiger partial charge in [-0.2, -0.15) is 4.98 Å². The molecule has 0 aliphatic heterocycles. The molecular weight excluding hydrogens is 362 g/mol. The van der Waals surface area contributed by atoms with Crippen LogP contribution in [0.15, 0.2) is 47.4 Å². The lowest BCUT2D eigenvalue weighted by molar-refractivity contribution is 0.402. The first-order valence-corrected chi connectivity index (χ1v) is 9.00. The highest BCUT2D eigenvalue weighted by Gasteiger charge is 2.12. The molecule has 1 aromatic heterocycles. The van der Waals surface area contributed by atoms with Gasteiger partial charge in [-0.15, -0.1) is 0 Å². The van der Waals surface area contributed by atoms with Crippen molar-refractivity contribution in [2.75, 3.05) is 12.4 Å². The van der Waals surface area contributed by atoms with Crippen LogP contribution < -0.4 is 15.6 Å². The molecule has 0 saturated carbocycles. The Balaban J connectivity index is 2.03. The molecule has 3 rings (SSSR count). The Bertz CT molecular complexity index is 1030. The topological polar surface area (TPSA) is 56.1 Å². The van der Waals surface area contributed by atoms with Crippen molar-refractivity contribution in [3.63, 3.8) is 0 Å². The number of anilines is 2. The molecule has 140 valence electrons. The maximum Gasteiger partial charge on any atom is 0.316 e. The maximum absolute atomic E-state index is 12.2. The van der Waals surface area contributed by atoms with Crippen LogP contribution in [0.3, 0.4) is 0 Å². The highest BCUT2D eigenvalue weighted by atomic mass is 35.5. The number of hydrogen-bond acceptors (Lipinski definition) is 4. The fraction of sp³-hybridized carbons (Fsp3) is 0.238. The summed E-state index contributed by atoms with van der Waals surface area (Å²) >= 11 is 5.97. The van der Waals surface area contributed by atoms with Crippen LogP contribution in [-0.4, -0.2) is 16.7 Å². The molecule has 1 heterocycles. The average molecular weight is 384 g/mol. The molecule has 6 heteroatoms. The Kier molecular flexibility index (Phi) is 5.51. The van der Waals surface area contributed by atoms with Crippen molar-refractivity contribution in [3.8, 4) is 5.75 Å². The van der Waals surface area contributed by atoms with E-state index in [-0.39, 0.29) is 5.75 Å². The predicted molar refractivity (Wildman–Crippen MR) is 110 cm³/mol. The van der Waals surface area contributed by atoms with E-state index in [2.05, 4.69) is 36.3 Å². The van der Waals surface area contributed by atoms with Crippen molar-refractivity contribution in [1.82, 2.24) is 9.55 Å². The van der Waals surface area contributed by atoms with Crippen molar-refractivity contribution < 1.29 is 4.74 Å². The van der Waals surface area contributed by atoms with E-state index >= 15 is 0 Å². The SMILES string of the molecule is COc1cn(Cc2ccc(Cl)cc2)c(Nc2cc(C)c(C)cc2C)nc1=O. The van der Waals surface area contributed by atoms with Gasteiger partial charge in [0.15, 0.2) is 0 Å². The van der Waals surface area contributed by atoms with Gasteiger partial charge >= 0.3 is 5.56 Å². The number of halogens is 1. The van der Waals surface area contributed by atoms with Gasteiger partial charge in [-0.05, 0) is 61.2 Å². The van der Waals surface area contributed by atoms with Crippen LogP contribution >= 0.6 is 11.6 Å². The number of ether oxygens (including phenoxy) is 1. The van der Waals surface area contributed by atoms with E-state index < -0.39 is 5.56 Å². The largest absolute Gasteiger partial charge is 0.490 e. The maximum atomic E-state index is 12.2. The van der Waals surface area contributed by atoms with Crippen LogP contribution in [0.4, 0.5) is 11.6 Å². The number of nitrogens with zero attached hydrogens (tertiary/aromatic N) is 2. The number of methoxy groups -OCH3 is 1. The minimum atomic E-state index is -0.408. The summed E-state index contributed by atoms with van der Waals surface area (Å²) in [7, 11) is 1.46. The quantitative estimate of drug-likeness (QED) is 0.698. The molecule has 1 N–H and O–H groups in total. The molecule has 0 bridgehead atoms. The van der Waals surface area contributed by atoms with E-state index in [9.17, 15) is 4.79 Å². The van der Waals surface area contributed by atoms with Crippen molar-refractivity contribution in [1.29, 1.82) is 0 Å². The molecule has 2 aromatic carbocycles. The molecule has 27 heavy (non-hydrogen) atoms. The molecule has 5 nitrogen and oxygen atoms in total. The number of aryl methyl sites for hydroxylation is 3. The Labute approximate surface area is 163 Å². The first kappa shape index (κ1) is 19.0. The average Bonchev–Trinajstić information content (AvgIpc) is 2.63. The van der Waals surface area contributed by atoms with Gasteiger partial charge < -0.3 is 14.6 Å². The van der Waals surface area contributed by atoms with E-state index in [1.807, 2.05) is 35.8 Å². The normalized spacial score (nSPS) is 10.7. The van der Waals surface area contributed by atoms with Gasteiger partial charge in [0, 0.05) is 10.7 Å². The van der Waals surface area contributed by atoms with Gasteiger partial charge in [-0.25, -0.2) is 0 Å². The minimum absolute atomic E-state index is 0.200. The van der Waals surface area contributed by atoms with E-state index in [1.54, 1.807) is 6.20 Å². The second kappa shape index (κ2) is 7.84. The van der Waals surface area contributed by atoms with Crippen molar-refractivity contribution in [2.45, 2.75) is 27.3 Å². The summed E-state index contributed by atoms with van der Waals surface area (Å²) in [6.45, 7) is 6.68. The Hall–Kier alpha value is -2.79. The van der Waals surface area contributed by atoms with Crippen molar-refractivity contribution in [3.05, 3.63) is 80.2 Å². The third-order valence-corrected chi connectivity index (χ3v) is 4.79. The fourth-order valence-corrected chi connectivity index (χ4v) is 2.96. The third kappa shape index (κ3) is 4.31. The third-order valence-electron chi connectivity index (χ3n) is 4.54. The summed E-state index contributed by atoms with van der Waals surface area (Å²) in [6.07, 6.45) is 1.67. The second-order valence-electron chi connectivity index (χ2n) is 6.57. The first-order valence-electron chi connectivity index (χ1n) is 8.62. The van der Waals surface area contributed by atoms with Crippen LogP contribution in [0.1, 0.15) is 22.3 Å². The number of aromatic nitrogens is 2. The Morgan fingerprint density at radius 1 is 1.07 bits per heavy atom. The molecule has 3 aromatic rings. The molecule has 0 aliphatic rings. The van der Waals surface area contributed by atoms with Gasteiger partial charge in [0.2, 0.25) is 11.7 Å². The summed E-state index contributed by atoms with van der Waals surface area (Å²) in [5, 5.41) is 3.98. The first-order chi connectivity index (χ1) is 12.9. The summed E-state index contributed by atoms with van der Waals surface area (Å²) in [6, 6.07) is 11.7. The molecule has 0 fully saturated rings. The molecule has 0 spiro atoms. The highest BCUT2D eigenvalue weighted by molar-refractivity contribution is 6.30. The zero-order valence-electron chi connectivity index (χ0n) is 15.8. The fourth-order valence-electron chi connectivity index (χ4n) is 2.84. The molecule has 0 unspecified atom stereocenters. The number of benzene rings is 2. The Morgan fingerprint density at radius 2 is 1.74 bits per heavy atom. The molecule has 0 amide bonds. The summed E-state index contributed by atoms with van der Waals surface area (Å²) in [5.74, 6) is 0.661. The lowest BCUT2D eigenvalue weighted by Crippen LogP contribution is -2.19. The number of rotatable bonds is 5. The number of hydrogen-bond donors (Lipinski definition) is 1. The lowest BCUT2D eigenvalue weighted by atomic mass is 10.1. The zero-order valence-corrected chi connectivity index (χ0v) is 16.6. The summed E-state index contributed by atoms with van der Waals surface area (Å²) in [4.78, 5) is 16.4. The number of nitrogens with one attached hydrogen (secondary N) is 1. The van der Waals surface area contributed by atoms with Gasteiger partial charge in [0.05, 0.1) is 19.9 Å². The van der Waals surface area contributed by atoms with Crippen molar-refractivity contribution in [2.24, 2.45) is 0 Å². The van der Waals surface area contributed by atoms with Gasteiger partial charge in [-0.3, -0.25) is 4.79 Å². The van der Waals surface area contributed by atoms with E-state index in [0.717, 1.165) is 16.8 Å². The molecule has 0 atom stereocenters. The van der Waals surface area contributed by atoms with Crippen LogP contribution in [0.2, 0.25) is 5.02 Å². The van der Waals surface area contributed by atoms with Crippen LogP contribution in [0.25, 0.3) is 0 Å². The van der Waals surface area contributed by atoms with Gasteiger partial charge in [-0.1, -0.05) is 29.8 Å². The van der Waals surface area contributed by atoms with Crippen LogP contribution in [0, 0.1) is 20.8 Å². The molecule has 0 saturated heterocycles. The van der Waals surface area contributed by atoms with Crippen LogP contribution in [0.5, 0.6) is 5.75 Å². The van der Waals surface area contributed by atoms with E-state index in [4.69, 9.17) is 16.3 Å². The minimum Gasteiger partial charge on any atom is -0.490 e. The molecular formula is C21H22ClN3O2. The lowest BCUT2D eigenvalue weighted by Gasteiger charge is -2.17. The van der Waals surface area contributed by atoms with Crippen LogP contribution in [-0.2, 0) is 6.54 Å². The standard InChI is InChI=1S/C21H22ClN3O2/c1-13-9-15(3)18(10-14(13)2)23-21-24-20(26)19(27-4)12-25(21)11-16-5-7-17(22)8-6-16/h5-10,12H,11H2,1-4H3,(H,23,24,26). The Morgan fingerprint density at radius 3 is 2.41 bits per heavy atom. The van der Waals surface area contributed by atoms with E-state index in [1.165, 1.54) is 18.2 Å². The summed E-state index contributed by atoms with van der Waals surface area (Å²) < 4.78 is 7.02. The zero-order chi connectivity index (χ0) is 19.6. The van der Waals surface area contributed by atoms with Gasteiger partial charge in [0.25, 0.3) is 0 Å². The van der Waals surface area contributed by atoms with Gasteiger partial charge in [0.1, 0.15) is 0 Å². The predicted octanol–water partition coefficient (Wildman–Crippen LogP) is 4.62. The van der Waals surface area contributed by atoms with E-state index in [0.29, 0.717) is 17.5 Å².